The van der Waals surface area contributed by atoms with Crippen LogP contribution >= 0.6 is 11.3 Å². The molecule has 0 aliphatic rings. The van der Waals surface area contributed by atoms with Crippen molar-refractivity contribution >= 4 is 23.4 Å². The highest BCUT2D eigenvalue weighted by atomic mass is 32.1. The van der Waals surface area contributed by atoms with Crippen molar-refractivity contribution in [3.63, 3.8) is 0 Å². The lowest BCUT2D eigenvalue weighted by molar-refractivity contribution is -0.120. The highest BCUT2D eigenvalue weighted by Crippen LogP contribution is 2.23. The lowest BCUT2D eigenvalue weighted by Gasteiger charge is -2.10. The molecule has 80 valence electrons. The largest absolute Gasteiger partial charge is 0.481 e. The topological polar surface area (TPSA) is 43.4 Å². The van der Waals surface area contributed by atoms with Gasteiger partial charge in [0, 0.05) is 0 Å². The second-order valence-corrected chi connectivity index (χ2v) is 3.88. The van der Waals surface area contributed by atoms with E-state index in [1.165, 1.54) is 17.4 Å². The van der Waals surface area contributed by atoms with Gasteiger partial charge in [-0.2, -0.15) is 0 Å². The number of allylic oxidation sites excluding steroid dienone is 1. The minimum atomic E-state index is -0.561. The van der Waals surface area contributed by atoms with Crippen LogP contribution in [-0.4, -0.2) is 18.2 Å². The van der Waals surface area contributed by atoms with Crippen LogP contribution in [0.1, 0.15) is 23.5 Å². The van der Waals surface area contributed by atoms with Gasteiger partial charge in [-0.3, -0.25) is 9.59 Å². The summed E-state index contributed by atoms with van der Waals surface area (Å²) < 4.78 is 5.37. The van der Waals surface area contributed by atoms with Gasteiger partial charge in [-0.25, -0.2) is 0 Å². The van der Waals surface area contributed by atoms with Crippen LogP contribution in [0.4, 0.5) is 0 Å². The van der Waals surface area contributed by atoms with Gasteiger partial charge in [0.2, 0.25) is 0 Å². The Kier molecular flexibility index (Phi) is 4.24. The molecule has 15 heavy (non-hydrogen) atoms. The molecule has 0 N–H and O–H groups in total. The predicted molar refractivity (Wildman–Crippen MR) is 59.6 cm³/mol. The van der Waals surface area contributed by atoms with E-state index in [4.69, 9.17) is 4.74 Å². The van der Waals surface area contributed by atoms with Crippen molar-refractivity contribution in [3.05, 3.63) is 28.5 Å². The second-order valence-electron chi connectivity index (χ2n) is 2.93. The van der Waals surface area contributed by atoms with E-state index in [9.17, 15) is 9.59 Å². The third-order valence-electron chi connectivity index (χ3n) is 1.80. The van der Waals surface area contributed by atoms with Gasteiger partial charge in [-0.15, -0.1) is 11.3 Å². The van der Waals surface area contributed by atoms with Gasteiger partial charge in [-0.1, -0.05) is 6.08 Å². The van der Waals surface area contributed by atoms with E-state index in [-0.39, 0.29) is 5.78 Å². The molecule has 1 heterocycles. The minimum Gasteiger partial charge on any atom is -0.481 e. The Bertz CT molecular complexity index is 379. The lowest BCUT2D eigenvalue weighted by atomic mass is 10.2. The molecule has 1 unspecified atom stereocenters. The van der Waals surface area contributed by atoms with E-state index < -0.39 is 6.10 Å². The summed E-state index contributed by atoms with van der Waals surface area (Å²) in [5.74, 6) is 0.362. The molecule has 0 aliphatic carbocycles. The van der Waals surface area contributed by atoms with Crippen LogP contribution in [-0.2, 0) is 4.79 Å². The third-order valence-corrected chi connectivity index (χ3v) is 2.62. The minimum absolute atomic E-state index is 0.111. The van der Waals surface area contributed by atoms with Crippen molar-refractivity contribution in [2.75, 3.05) is 0 Å². The highest BCUT2D eigenvalue weighted by molar-refractivity contribution is 7.12. The van der Waals surface area contributed by atoms with Crippen LogP contribution < -0.4 is 4.74 Å². The highest BCUT2D eigenvalue weighted by Gasteiger charge is 2.14. The van der Waals surface area contributed by atoms with E-state index in [0.29, 0.717) is 10.6 Å². The molecule has 0 saturated heterocycles. The van der Waals surface area contributed by atoms with Crippen molar-refractivity contribution in [1.29, 1.82) is 0 Å². The van der Waals surface area contributed by atoms with Crippen LogP contribution in [0.25, 0.3) is 0 Å². The first-order valence-electron chi connectivity index (χ1n) is 4.55. The molecule has 1 aromatic rings. The molecule has 0 aliphatic heterocycles. The summed E-state index contributed by atoms with van der Waals surface area (Å²) in [7, 11) is 0. The van der Waals surface area contributed by atoms with Crippen LogP contribution in [0.5, 0.6) is 5.75 Å². The summed E-state index contributed by atoms with van der Waals surface area (Å²) in [5, 5.41) is 1.76. The molecule has 0 aromatic carbocycles. The Morgan fingerprint density at radius 2 is 2.33 bits per heavy atom. The Balaban J connectivity index is 2.69. The van der Waals surface area contributed by atoms with Crippen LogP contribution in [0.2, 0.25) is 0 Å². The second kappa shape index (κ2) is 5.46. The Labute approximate surface area is 92.4 Å². The molecule has 0 bridgehead atoms. The van der Waals surface area contributed by atoms with Gasteiger partial charge in [0.05, 0.1) is 0 Å². The first-order valence-corrected chi connectivity index (χ1v) is 5.43. The molecule has 3 nitrogen and oxygen atoms in total. The molecule has 4 heteroatoms. The Hall–Kier alpha value is -1.42. The van der Waals surface area contributed by atoms with Gasteiger partial charge in [-0.05, 0) is 31.4 Å². The average molecular weight is 224 g/mol. The van der Waals surface area contributed by atoms with Crippen molar-refractivity contribution in [2.45, 2.75) is 20.0 Å². The van der Waals surface area contributed by atoms with Crippen molar-refractivity contribution < 1.29 is 14.3 Å². The number of thiophene rings is 1. The molecular weight excluding hydrogens is 212 g/mol. The summed E-state index contributed by atoms with van der Waals surface area (Å²) in [6, 6.07) is 1.69. The number of aldehydes is 1. The maximum absolute atomic E-state index is 11.4. The van der Waals surface area contributed by atoms with E-state index in [0.717, 1.165) is 6.29 Å². The fourth-order valence-electron chi connectivity index (χ4n) is 1.04. The number of ether oxygens (including phenoxy) is 1. The number of carbonyl (C=O) groups excluding carboxylic acids is 2. The zero-order valence-corrected chi connectivity index (χ0v) is 9.41. The molecule has 0 spiro atoms. The summed E-state index contributed by atoms with van der Waals surface area (Å²) in [5.41, 5.74) is 0. The molecular formula is C11H12O3S. The van der Waals surface area contributed by atoms with Gasteiger partial charge in [0.1, 0.15) is 10.6 Å². The zero-order chi connectivity index (χ0) is 11.3. The van der Waals surface area contributed by atoms with Gasteiger partial charge in [0.25, 0.3) is 0 Å². The zero-order valence-electron chi connectivity index (χ0n) is 8.60. The summed E-state index contributed by atoms with van der Waals surface area (Å²) in [6.07, 6.45) is 3.29. The summed E-state index contributed by atoms with van der Waals surface area (Å²) in [6.45, 7) is 3.43. The average Bonchev–Trinajstić information content (AvgIpc) is 2.65. The first-order chi connectivity index (χ1) is 7.19. The molecule has 1 aromatic heterocycles. The standard InChI is InChI=1S/C11H12O3S/c1-3-4-9(13)8(2)14-10-5-6-15-11(10)7-12/h3-8H,1-2H3/b4-3+. The summed E-state index contributed by atoms with van der Waals surface area (Å²) >= 11 is 1.29. The molecule has 0 saturated carbocycles. The molecule has 0 radical (unpaired) electrons. The number of ketones is 1. The van der Waals surface area contributed by atoms with Gasteiger partial charge >= 0.3 is 0 Å². The molecule has 1 atom stereocenters. The Morgan fingerprint density at radius 1 is 1.60 bits per heavy atom. The maximum Gasteiger partial charge on any atom is 0.195 e. The van der Waals surface area contributed by atoms with Gasteiger partial charge in [0.15, 0.2) is 18.2 Å². The Morgan fingerprint density at radius 3 is 2.93 bits per heavy atom. The SMILES string of the molecule is C/C=C/C(=O)C(C)Oc1ccsc1C=O. The number of hydrogen-bond donors (Lipinski definition) is 0. The molecule has 0 amide bonds. The van der Waals surface area contributed by atoms with Crippen molar-refractivity contribution in [3.8, 4) is 5.75 Å². The van der Waals surface area contributed by atoms with Gasteiger partial charge < -0.3 is 4.74 Å². The normalized spacial score (nSPS) is 12.7. The van der Waals surface area contributed by atoms with E-state index in [1.807, 2.05) is 0 Å². The smallest absolute Gasteiger partial charge is 0.195 e. The fourth-order valence-corrected chi connectivity index (χ4v) is 1.67. The fraction of sp³-hybridized carbons (Fsp3) is 0.273. The maximum atomic E-state index is 11.4. The third kappa shape index (κ3) is 3.02. The van der Waals surface area contributed by atoms with Crippen molar-refractivity contribution in [2.24, 2.45) is 0 Å². The first kappa shape index (κ1) is 11.7. The van der Waals surface area contributed by atoms with E-state index in [1.54, 1.807) is 31.4 Å². The number of hydrogen-bond acceptors (Lipinski definition) is 4. The predicted octanol–water partition coefficient (Wildman–Crippen LogP) is 2.47. The molecule has 0 fully saturated rings. The molecule has 1 rings (SSSR count). The van der Waals surface area contributed by atoms with Crippen LogP contribution in [0, 0.1) is 0 Å². The van der Waals surface area contributed by atoms with E-state index >= 15 is 0 Å². The van der Waals surface area contributed by atoms with E-state index in [2.05, 4.69) is 0 Å². The summed E-state index contributed by atoms with van der Waals surface area (Å²) in [4.78, 5) is 22.5. The lowest BCUT2D eigenvalue weighted by Crippen LogP contribution is -2.21. The number of rotatable bonds is 5. The number of carbonyl (C=O) groups is 2. The monoisotopic (exact) mass is 224 g/mol. The van der Waals surface area contributed by atoms with Crippen LogP contribution in [0.15, 0.2) is 23.6 Å². The van der Waals surface area contributed by atoms with Crippen LogP contribution in [0.3, 0.4) is 0 Å². The quantitative estimate of drug-likeness (QED) is 0.570. The van der Waals surface area contributed by atoms with Crippen molar-refractivity contribution in [1.82, 2.24) is 0 Å².